The Morgan fingerprint density at radius 3 is 2.93 bits per heavy atom. The van der Waals surface area contributed by atoms with Gasteiger partial charge in [-0.25, -0.2) is 0 Å². The maximum Gasteiger partial charge on any atom is 0.151 e. The number of carbonyl (C=O) groups is 1. The first-order valence-corrected chi connectivity index (χ1v) is 5.05. The van der Waals surface area contributed by atoms with Gasteiger partial charge in [-0.15, -0.1) is 0 Å². The number of halogens is 1. The maximum atomic E-state index is 10.6. The molecule has 0 saturated heterocycles. The quantitative estimate of drug-likeness (QED) is 0.715. The van der Waals surface area contributed by atoms with E-state index in [0.29, 0.717) is 28.9 Å². The van der Waals surface area contributed by atoms with E-state index in [1.165, 1.54) is 12.8 Å². The number of rotatable bonds is 4. The van der Waals surface area contributed by atoms with Gasteiger partial charge in [0.2, 0.25) is 0 Å². The molecule has 0 spiro atoms. The van der Waals surface area contributed by atoms with Crippen LogP contribution < -0.4 is 4.74 Å². The molecule has 0 aliphatic heterocycles. The summed E-state index contributed by atoms with van der Waals surface area (Å²) in [7, 11) is 0. The van der Waals surface area contributed by atoms with Gasteiger partial charge in [0, 0.05) is 5.56 Å². The predicted octanol–water partition coefficient (Wildman–Crippen LogP) is 2.94. The minimum absolute atomic E-state index is 0.420. The van der Waals surface area contributed by atoms with E-state index < -0.39 is 0 Å². The lowest BCUT2D eigenvalue weighted by Gasteiger charge is -2.07. The molecular weight excluding hydrogens is 200 g/mol. The number of hydrogen-bond acceptors (Lipinski definition) is 2. The summed E-state index contributed by atoms with van der Waals surface area (Å²) in [6.45, 7) is 0.710. The molecule has 1 aromatic rings. The van der Waals surface area contributed by atoms with Gasteiger partial charge in [0.25, 0.3) is 0 Å². The van der Waals surface area contributed by atoms with E-state index in [1.807, 2.05) is 0 Å². The van der Waals surface area contributed by atoms with Gasteiger partial charge >= 0.3 is 0 Å². The van der Waals surface area contributed by atoms with E-state index in [1.54, 1.807) is 18.2 Å². The van der Waals surface area contributed by atoms with Crippen LogP contribution in [0.1, 0.15) is 23.2 Å². The Labute approximate surface area is 87.8 Å². The number of aldehydes is 1. The van der Waals surface area contributed by atoms with Crippen molar-refractivity contribution in [1.29, 1.82) is 0 Å². The van der Waals surface area contributed by atoms with Crippen LogP contribution in [-0.2, 0) is 0 Å². The molecule has 0 aromatic heterocycles. The van der Waals surface area contributed by atoms with Crippen LogP contribution in [0.3, 0.4) is 0 Å². The third-order valence-corrected chi connectivity index (χ3v) is 2.70. The molecule has 3 heteroatoms. The molecule has 0 heterocycles. The second-order valence-electron chi connectivity index (χ2n) is 3.53. The Balaban J connectivity index is 2.10. The van der Waals surface area contributed by atoms with Crippen LogP contribution >= 0.6 is 11.6 Å². The molecule has 2 nitrogen and oxygen atoms in total. The SMILES string of the molecule is O=Cc1cccc(OCC2CC2)c1Cl. The van der Waals surface area contributed by atoms with Crippen molar-refractivity contribution in [3.05, 3.63) is 28.8 Å². The average Bonchev–Trinajstić information content (AvgIpc) is 3.00. The predicted molar refractivity (Wildman–Crippen MR) is 55.1 cm³/mol. The van der Waals surface area contributed by atoms with Crippen LogP contribution in [0.15, 0.2) is 18.2 Å². The third-order valence-electron chi connectivity index (χ3n) is 2.29. The standard InChI is InChI=1S/C11H11ClO2/c12-11-9(6-13)2-1-3-10(11)14-7-8-4-5-8/h1-3,6,8H,4-5,7H2. The van der Waals surface area contributed by atoms with E-state index in [2.05, 4.69) is 0 Å². The zero-order valence-corrected chi connectivity index (χ0v) is 8.46. The van der Waals surface area contributed by atoms with Crippen LogP contribution in [-0.4, -0.2) is 12.9 Å². The van der Waals surface area contributed by atoms with E-state index in [-0.39, 0.29) is 0 Å². The van der Waals surface area contributed by atoms with E-state index in [0.717, 1.165) is 6.29 Å². The molecule has 0 amide bonds. The number of hydrogen-bond donors (Lipinski definition) is 0. The molecule has 1 aliphatic carbocycles. The summed E-state index contributed by atoms with van der Waals surface area (Å²) in [5, 5.41) is 0.420. The van der Waals surface area contributed by atoms with Crippen LogP contribution in [0.2, 0.25) is 5.02 Å². The largest absolute Gasteiger partial charge is 0.492 e. The molecule has 0 bridgehead atoms. The number of carbonyl (C=O) groups excluding carboxylic acids is 1. The van der Waals surface area contributed by atoms with Gasteiger partial charge in [-0.3, -0.25) is 4.79 Å². The van der Waals surface area contributed by atoms with Gasteiger partial charge in [-0.05, 0) is 30.9 Å². The molecule has 1 fully saturated rings. The third kappa shape index (κ3) is 2.07. The summed E-state index contributed by atoms with van der Waals surface area (Å²) in [5.74, 6) is 1.30. The van der Waals surface area contributed by atoms with E-state index >= 15 is 0 Å². The fourth-order valence-electron chi connectivity index (χ4n) is 1.22. The van der Waals surface area contributed by atoms with Crippen molar-refractivity contribution in [2.24, 2.45) is 5.92 Å². The lowest BCUT2D eigenvalue weighted by Crippen LogP contribution is -2.00. The van der Waals surface area contributed by atoms with Gasteiger partial charge in [-0.1, -0.05) is 17.7 Å². The van der Waals surface area contributed by atoms with Crippen molar-refractivity contribution in [2.75, 3.05) is 6.61 Å². The van der Waals surface area contributed by atoms with E-state index in [4.69, 9.17) is 16.3 Å². The maximum absolute atomic E-state index is 10.6. The second kappa shape index (κ2) is 4.01. The fourth-order valence-corrected chi connectivity index (χ4v) is 1.45. The first-order chi connectivity index (χ1) is 6.81. The van der Waals surface area contributed by atoms with Crippen LogP contribution in [0.5, 0.6) is 5.75 Å². The van der Waals surface area contributed by atoms with Crippen LogP contribution in [0.25, 0.3) is 0 Å². The van der Waals surface area contributed by atoms with Gasteiger partial charge in [0.1, 0.15) is 5.75 Å². The van der Waals surface area contributed by atoms with Crippen molar-refractivity contribution < 1.29 is 9.53 Å². The van der Waals surface area contributed by atoms with Gasteiger partial charge in [0.15, 0.2) is 6.29 Å². The lowest BCUT2D eigenvalue weighted by atomic mass is 10.2. The highest BCUT2D eigenvalue weighted by Crippen LogP contribution is 2.32. The Bertz CT molecular complexity index is 345. The van der Waals surface area contributed by atoms with Gasteiger partial charge < -0.3 is 4.74 Å². The monoisotopic (exact) mass is 210 g/mol. The molecule has 0 N–H and O–H groups in total. The van der Waals surface area contributed by atoms with Crippen LogP contribution in [0, 0.1) is 5.92 Å². The average molecular weight is 211 g/mol. The van der Waals surface area contributed by atoms with Gasteiger partial charge in [0.05, 0.1) is 11.6 Å². The summed E-state index contributed by atoms with van der Waals surface area (Å²) in [4.78, 5) is 10.6. The van der Waals surface area contributed by atoms with Crippen molar-refractivity contribution >= 4 is 17.9 Å². The topological polar surface area (TPSA) is 26.3 Å². The zero-order valence-electron chi connectivity index (χ0n) is 7.70. The first kappa shape index (κ1) is 9.53. The Morgan fingerprint density at radius 1 is 1.50 bits per heavy atom. The lowest BCUT2D eigenvalue weighted by molar-refractivity contribution is 0.112. The summed E-state index contributed by atoms with van der Waals surface area (Å²) in [6.07, 6.45) is 3.22. The minimum Gasteiger partial charge on any atom is -0.492 e. The van der Waals surface area contributed by atoms with Crippen molar-refractivity contribution in [3.8, 4) is 5.75 Å². The molecule has 0 atom stereocenters. The highest BCUT2D eigenvalue weighted by atomic mass is 35.5. The Morgan fingerprint density at radius 2 is 2.29 bits per heavy atom. The molecule has 2 rings (SSSR count). The molecule has 74 valence electrons. The Kier molecular flexibility index (Phi) is 2.73. The first-order valence-electron chi connectivity index (χ1n) is 4.67. The summed E-state index contributed by atoms with van der Waals surface area (Å²) < 4.78 is 5.51. The zero-order chi connectivity index (χ0) is 9.97. The highest BCUT2D eigenvalue weighted by molar-refractivity contribution is 6.34. The van der Waals surface area contributed by atoms with Crippen molar-refractivity contribution in [2.45, 2.75) is 12.8 Å². The molecular formula is C11H11ClO2. The van der Waals surface area contributed by atoms with E-state index in [9.17, 15) is 4.79 Å². The summed E-state index contributed by atoms with van der Waals surface area (Å²) >= 11 is 5.96. The molecule has 1 aliphatic rings. The highest BCUT2D eigenvalue weighted by Gasteiger charge is 2.22. The molecule has 1 aromatic carbocycles. The molecule has 0 radical (unpaired) electrons. The smallest absolute Gasteiger partial charge is 0.151 e. The van der Waals surface area contributed by atoms with Gasteiger partial charge in [-0.2, -0.15) is 0 Å². The molecule has 14 heavy (non-hydrogen) atoms. The number of benzene rings is 1. The van der Waals surface area contributed by atoms with Crippen molar-refractivity contribution in [3.63, 3.8) is 0 Å². The summed E-state index contributed by atoms with van der Waals surface area (Å²) in [6, 6.07) is 5.24. The minimum atomic E-state index is 0.420. The molecule has 1 saturated carbocycles. The fraction of sp³-hybridized carbons (Fsp3) is 0.364. The van der Waals surface area contributed by atoms with Crippen LogP contribution in [0.4, 0.5) is 0 Å². The number of ether oxygens (including phenoxy) is 1. The van der Waals surface area contributed by atoms with Crippen molar-refractivity contribution in [1.82, 2.24) is 0 Å². The molecule has 0 unspecified atom stereocenters. The Hall–Kier alpha value is -1.02. The second-order valence-corrected chi connectivity index (χ2v) is 3.91. The summed E-state index contributed by atoms with van der Waals surface area (Å²) in [5.41, 5.74) is 0.486. The normalized spacial score (nSPS) is 15.2.